The molecule has 0 bridgehead atoms. The number of aryl methyl sites for hydroxylation is 1. The van der Waals surface area contributed by atoms with E-state index in [0.717, 1.165) is 16.9 Å². The normalized spacial score (nSPS) is 11.2. The molecule has 0 radical (unpaired) electrons. The lowest BCUT2D eigenvalue weighted by Crippen LogP contribution is -2.35. The average Bonchev–Trinajstić information content (AvgIpc) is 2.83. The summed E-state index contributed by atoms with van der Waals surface area (Å²) in [5, 5.41) is 6.86. The Morgan fingerprint density at radius 1 is 1.22 bits per heavy atom. The molecule has 0 atom stereocenters. The van der Waals surface area contributed by atoms with Gasteiger partial charge >= 0.3 is 12.2 Å². The van der Waals surface area contributed by atoms with E-state index in [0.29, 0.717) is 0 Å². The van der Waals surface area contributed by atoms with Crippen LogP contribution in [-0.4, -0.2) is 21.7 Å². The van der Waals surface area contributed by atoms with E-state index in [1.165, 1.54) is 25.2 Å². The average molecular weight is 330 g/mol. The lowest BCUT2D eigenvalue weighted by atomic mass is 10.2. The summed E-state index contributed by atoms with van der Waals surface area (Å²) in [7, 11) is 1.20. The number of alkyl halides is 3. The molecule has 0 aliphatic heterocycles. The third-order valence-corrected chi connectivity index (χ3v) is 2.69. The Labute approximate surface area is 127 Å². The summed E-state index contributed by atoms with van der Waals surface area (Å²) in [5.74, 6) is -2.06. The van der Waals surface area contributed by atoms with Crippen molar-refractivity contribution in [3.8, 4) is 0 Å². The number of carbonyl (C=O) groups excluding carboxylic acids is 2. The molecule has 2 N–H and O–H groups in total. The van der Waals surface area contributed by atoms with Gasteiger partial charge < -0.3 is 5.32 Å². The molecule has 1 heterocycles. The molecule has 0 aliphatic carbocycles. The van der Waals surface area contributed by atoms with Gasteiger partial charge in [0.2, 0.25) is 0 Å². The number of hydrogen-bond donors (Lipinski definition) is 2. The Kier molecular flexibility index (Phi) is 4.34. The number of imide groups is 1. The van der Waals surface area contributed by atoms with Gasteiger partial charge in [0.1, 0.15) is 5.82 Å². The van der Waals surface area contributed by atoms with Crippen molar-refractivity contribution in [2.24, 2.45) is 7.05 Å². The fourth-order valence-corrected chi connectivity index (χ4v) is 1.75. The van der Waals surface area contributed by atoms with E-state index in [1.807, 2.05) is 5.32 Å². The fourth-order valence-electron chi connectivity index (χ4n) is 1.75. The van der Waals surface area contributed by atoms with Gasteiger partial charge in [-0.25, -0.2) is 9.18 Å². The quantitative estimate of drug-likeness (QED) is 0.831. The SMILES string of the molecule is Cn1cc(C(=O)NC(=O)Nc2ccccc2F)c(C(F)(F)F)n1. The second-order valence-electron chi connectivity index (χ2n) is 4.45. The number of nitrogens with zero attached hydrogens (tertiary/aromatic N) is 2. The molecule has 23 heavy (non-hydrogen) atoms. The van der Waals surface area contributed by atoms with Gasteiger partial charge in [-0.15, -0.1) is 0 Å². The van der Waals surface area contributed by atoms with Crippen LogP contribution in [0.1, 0.15) is 16.1 Å². The summed E-state index contributed by atoms with van der Waals surface area (Å²) >= 11 is 0. The summed E-state index contributed by atoms with van der Waals surface area (Å²) in [6, 6.07) is 3.94. The smallest absolute Gasteiger partial charge is 0.305 e. The minimum absolute atomic E-state index is 0.222. The van der Waals surface area contributed by atoms with Crippen molar-refractivity contribution >= 4 is 17.6 Å². The Balaban J connectivity index is 2.14. The van der Waals surface area contributed by atoms with Gasteiger partial charge in [-0.3, -0.25) is 14.8 Å². The molecule has 0 saturated carbocycles. The predicted octanol–water partition coefficient (Wildman–Crippen LogP) is 2.54. The second kappa shape index (κ2) is 6.07. The molecule has 122 valence electrons. The van der Waals surface area contributed by atoms with E-state index in [-0.39, 0.29) is 5.69 Å². The number of anilines is 1. The van der Waals surface area contributed by atoms with Crippen molar-refractivity contribution in [3.63, 3.8) is 0 Å². The van der Waals surface area contributed by atoms with E-state index >= 15 is 0 Å². The first-order chi connectivity index (χ1) is 10.7. The van der Waals surface area contributed by atoms with E-state index < -0.39 is 35.2 Å². The number of aromatic nitrogens is 2. The van der Waals surface area contributed by atoms with E-state index in [9.17, 15) is 27.2 Å². The van der Waals surface area contributed by atoms with Crippen molar-refractivity contribution in [1.29, 1.82) is 0 Å². The van der Waals surface area contributed by atoms with Gasteiger partial charge in [-0.05, 0) is 12.1 Å². The monoisotopic (exact) mass is 330 g/mol. The fraction of sp³-hybridized carbons (Fsp3) is 0.154. The van der Waals surface area contributed by atoms with Crippen molar-refractivity contribution in [1.82, 2.24) is 15.1 Å². The zero-order valence-electron chi connectivity index (χ0n) is 11.6. The summed E-state index contributed by atoms with van der Waals surface area (Å²) < 4.78 is 52.4. The van der Waals surface area contributed by atoms with Crippen LogP contribution >= 0.6 is 0 Å². The zero-order valence-corrected chi connectivity index (χ0v) is 11.6. The van der Waals surface area contributed by atoms with Crippen LogP contribution in [0.25, 0.3) is 0 Å². The van der Waals surface area contributed by atoms with E-state index in [2.05, 4.69) is 5.10 Å². The number of nitrogens with one attached hydrogen (secondary N) is 2. The molecule has 2 aromatic rings. The van der Waals surface area contributed by atoms with Gasteiger partial charge in [0, 0.05) is 13.2 Å². The second-order valence-corrected chi connectivity index (χ2v) is 4.45. The van der Waals surface area contributed by atoms with Crippen LogP contribution in [0.4, 0.5) is 28.0 Å². The number of para-hydroxylation sites is 1. The summed E-state index contributed by atoms with van der Waals surface area (Å²) in [6.45, 7) is 0. The van der Waals surface area contributed by atoms with Crippen molar-refractivity contribution in [3.05, 3.63) is 47.5 Å². The molecule has 0 unspecified atom stereocenters. The Bertz CT molecular complexity index is 755. The van der Waals surface area contributed by atoms with Gasteiger partial charge in [0.05, 0.1) is 11.3 Å². The molecule has 0 saturated heterocycles. The number of urea groups is 1. The summed E-state index contributed by atoms with van der Waals surface area (Å²) in [4.78, 5) is 23.4. The molecule has 2 rings (SSSR count). The number of amides is 3. The molecule has 6 nitrogen and oxygen atoms in total. The Hall–Kier alpha value is -2.91. The highest BCUT2D eigenvalue weighted by Gasteiger charge is 2.39. The lowest BCUT2D eigenvalue weighted by molar-refractivity contribution is -0.141. The highest BCUT2D eigenvalue weighted by molar-refractivity contribution is 6.08. The minimum atomic E-state index is -4.85. The number of halogens is 4. The van der Waals surface area contributed by atoms with Gasteiger partial charge in [0.15, 0.2) is 5.69 Å². The van der Waals surface area contributed by atoms with Crippen LogP contribution in [0.2, 0.25) is 0 Å². The first kappa shape index (κ1) is 16.5. The molecule has 0 fully saturated rings. The summed E-state index contributed by atoms with van der Waals surface area (Å²) in [6.07, 6.45) is -4.02. The van der Waals surface area contributed by atoms with Crippen LogP contribution in [0.5, 0.6) is 0 Å². The van der Waals surface area contributed by atoms with Gasteiger partial charge in [-0.2, -0.15) is 18.3 Å². The van der Waals surface area contributed by atoms with Gasteiger partial charge in [0.25, 0.3) is 5.91 Å². The highest BCUT2D eigenvalue weighted by Crippen LogP contribution is 2.30. The van der Waals surface area contributed by atoms with E-state index in [4.69, 9.17) is 0 Å². The third kappa shape index (κ3) is 3.84. The molecule has 0 spiro atoms. The van der Waals surface area contributed by atoms with Crippen molar-refractivity contribution < 1.29 is 27.2 Å². The molecule has 10 heteroatoms. The van der Waals surface area contributed by atoms with Crippen LogP contribution < -0.4 is 10.6 Å². The van der Waals surface area contributed by atoms with E-state index in [1.54, 1.807) is 5.32 Å². The van der Waals surface area contributed by atoms with Crippen molar-refractivity contribution in [2.75, 3.05) is 5.32 Å². The molecule has 1 aromatic carbocycles. The largest absolute Gasteiger partial charge is 0.435 e. The topological polar surface area (TPSA) is 76.0 Å². The first-order valence-corrected chi connectivity index (χ1v) is 6.16. The molecule has 1 aromatic heterocycles. The summed E-state index contributed by atoms with van der Waals surface area (Å²) in [5.41, 5.74) is -2.46. The number of benzene rings is 1. The number of rotatable bonds is 2. The first-order valence-electron chi connectivity index (χ1n) is 6.16. The van der Waals surface area contributed by atoms with Gasteiger partial charge in [-0.1, -0.05) is 12.1 Å². The molecule has 3 amide bonds. The minimum Gasteiger partial charge on any atom is -0.305 e. The number of carbonyl (C=O) groups is 2. The molecular formula is C13H10F4N4O2. The van der Waals surface area contributed by atoms with Crippen LogP contribution in [-0.2, 0) is 13.2 Å². The lowest BCUT2D eigenvalue weighted by Gasteiger charge is -2.08. The molecule has 0 aliphatic rings. The number of hydrogen-bond acceptors (Lipinski definition) is 3. The predicted molar refractivity (Wildman–Crippen MR) is 71.1 cm³/mol. The molecular weight excluding hydrogens is 320 g/mol. The Morgan fingerprint density at radius 2 is 1.87 bits per heavy atom. The van der Waals surface area contributed by atoms with Crippen LogP contribution in [0.15, 0.2) is 30.5 Å². The van der Waals surface area contributed by atoms with Crippen LogP contribution in [0, 0.1) is 5.82 Å². The maximum atomic E-state index is 13.3. The van der Waals surface area contributed by atoms with Crippen molar-refractivity contribution in [2.45, 2.75) is 6.18 Å². The third-order valence-electron chi connectivity index (χ3n) is 2.69. The Morgan fingerprint density at radius 3 is 2.48 bits per heavy atom. The maximum Gasteiger partial charge on any atom is 0.435 e. The van der Waals surface area contributed by atoms with Crippen LogP contribution in [0.3, 0.4) is 0 Å². The highest BCUT2D eigenvalue weighted by atomic mass is 19.4. The maximum absolute atomic E-state index is 13.3. The zero-order chi connectivity index (χ0) is 17.2. The standard InChI is InChI=1S/C13H10F4N4O2/c1-21-6-7(10(20-21)13(15,16)17)11(22)19-12(23)18-9-5-3-2-4-8(9)14/h2-6H,1H3,(H2,18,19,22,23).